The van der Waals surface area contributed by atoms with Crippen molar-refractivity contribution in [2.45, 2.75) is 43.5 Å². The molecule has 0 aliphatic carbocycles. The molecule has 8 heteroatoms. The molecular weight excluding hydrogens is 412 g/mol. The number of hydrogen-bond acceptors (Lipinski definition) is 4. The minimum absolute atomic E-state index is 0.0906. The number of nitrogens with one attached hydrogen (secondary N) is 1. The van der Waals surface area contributed by atoms with Gasteiger partial charge in [0.05, 0.1) is 17.2 Å². The number of rotatable bonds is 7. The summed E-state index contributed by atoms with van der Waals surface area (Å²) in [6.45, 7) is 2.77. The summed E-state index contributed by atoms with van der Waals surface area (Å²) in [4.78, 5) is 12.9. The van der Waals surface area contributed by atoms with E-state index >= 15 is 0 Å². The molecule has 1 amide bonds. The Morgan fingerprint density at radius 3 is 2.62 bits per heavy atom. The van der Waals surface area contributed by atoms with Crippen LogP contribution in [0.3, 0.4) is 0 Å². The molecule has 1 atom stereocenters. The summed E-state index contributed by atoms with van der Waals surface area (Å²) in [5.74, 6) is 0.359. The molecule has 0 aromatic heterocycles. The average molecular weight is 437 g/mol. The fourth-order valence-corrected chi connectivity index (χ4v) is 5.32. The fourth-order valence-electron chi connectivity index (χ4n) is 3.50. The molecule has 6 nitrogen and oxygen atoms in total. The van der Waals surface area contributed by atoms with E-state index in [0.29, 0.717) is 36.0 Å². The van der Waals surface area contributed by atoms with E-state index < -0.39 is 10.0 Å². The van der Waals surface area contributed by atoms with Crippen molar-refractivity contribution < 1.29 is 17.9 Å². The molecule has 2 aromatic rings. The van der Waals surface area contributed by atoms with Gasteiger partial charge in [-0.25, -0.2) is 8.42 Å². The Hall–Kier alpha value is -2.09. The third-order valence-electron chi connectivity index (χ3n) is 4.88. The molecule has 29 heavy (non-hydrogen) atoms. The molecule has 0 bridgehead atoms. The number of anilines is 1. The molecule has 1 saturated heterocycles. The van der Waals surface area contributed by atoms with Crippen LogP contribution in [0, 0.1) is 0 Å². The van der Waals surface area contributed by atoms with Crippen LogP contribution in [-0.4, -0.2) is 37.8 Å². The molecule has 1 fully saturated rings. The highest BCUT2D eigenvalue weighted by Crippen LogP contribution is 2.29. The lowest BCUT2D eigenvalue weighted by Crippen LogP contribution is -2.45. The van der Waals surface area contributed by atoms with Crippen LogP contribution in [-0.2, 0) is 14.8 Å². The van der Waals surface area contributed by atoms with E-state index in [1.165, 1.54) is 16.4 Å². The second kappa shape index (κ2) is 9.61. The minimum Gasteiger partial charge on any atom is -0.492 e. The molecule has 1 N–H and O–H groups in total. The van der Waals surface area contributed by atoms with Gasteiger partial charge < -0.3 is 10.1 Å². The van der Waals surface area contributed by atoms with E-state index in [4.69, 9.17) is 16.3 Å². The van der Waals surface area contributed by atoms with Gasteiger partial charge in [0.1, 0.15) is 5.75 Å². The van der Waals surface area contributed by atoms with Crippen molar-refractivity contribution >= 4 is 33.2 Å². The SMILES string of the molecule is CCOc1ccccc1NC(=O)CC1CCCCN1S(=O)(=O)c1ccc(Cl)cc1. The van der Waals surface area contributed by atoms with Crippen LogP contribution < -0.4 is 10.1 Å². The minimum atomic E-state index is -3.69. The van der Waals surface area contributed by atoms with Crippen molar-refractivity contribution in [3.05, 3.63) is 53.6 Å². The van der Waals surface area contributed by atoms with Gasteiger partial charge in [-0.3, -0.25) is 4.79 Å². The molecule has 1 aliphatic heterocycles. The normalized spacial score (nSPS) is 17.7. The maximum atomic E-state index is 13.1. The van der Waals surface area contributed by atoms with Crippen LogP contribution in [0.5, 0.6) is 5.75 Å². The first kappa shape index (κ1) is 21.6. The first-order chi connectivity index (χ1) is 13.9. The number of carbonyl (C=O) groups is 1. The predicted octanol–water partition coefficient (Wildman–Crippen LogP) is 4.31. The molecule has 1 aliphatic rings. The van der Waals surface area contributed by atoms with E-state index in [-0.39, 0.29) is 23.3 Å². The smallest absolute Gasteiger partial charge is 0.243 e. The summed E-state index contributed by atoms with van der Waals surface area (Å²) in [6.07, 6.45) is 2.40. The number of sulfonamides is 1. The summed E-state index contributed by atoms with van der Waals surface area (Å²) in [5, 5.41) is 3.34. The fraction of sp³-hybridized carbons (Fsp3) is 0.381. The number of carbonyl (C=O) groups excluding carboxylic acids is 1. The molecule has 0 spiro atoms. The van der Waals surface area contributed by atoms with Gasteiger partial charge in [0.15, 0.2) is 0 Å². The Bertz CT molecular complexity index is 947. The molecular formula is C21H25ClN2O4S. The first-order valence-corrected chi connectivity index (χ1v) is 11.5. The quantitative estimate of drug-likeness (QED) is 0.701. The Kier molecular flexibility index (Phi) is 7.16. The number of para-hydroxylation sites is 2. The molecule has 0 radical (unpaired) electrons. The zero-order valence-corrected chi connectivity index (χ0v) is 17.9. The lowest BCUT2D eigenvalue weighted by molar-refractivity contribution is -0.117. The van der Waals surface area contributed by atoms with Gasteiger partial charge >= 0.3 is 0 Å². The van der Waals surface area contributed by atoms with Gasteiger partial charge in [-0.15, -0.1) is 0 Å². The number of halogens is 1. The largest absolute Gasteiger partial charge is 0.492 e. The number of hydrogen-bond donors (Lipinski definition) is 1. The van der Waals surface area contributed by atoms with E-state index in [1.54, 1.807) is 24.3 Å². The van der Waals surface area contributed by atoms with Crippen molar-refractivity contribution in [1.29, 1.82) is 0 Å². The van der Waals surface area contributed by atoms with Gasteiger partial charge in [0.25, 0.3) is 0 Å². The standard InChI is InChI=1S/C21H25ClN2O4S/c1-2-28-20-9-4-3-8-19(20)23-21(25)15-17-7-5-6-14-24(17)29(26,27)18-12-10-16(22)11-13-18/h3-4,8-13,17H,2,5-7,14-15H2,1H3,(H,23,25). The number of benzene rings is 2. The average Bonchev–Trinajstić information content (AvgIpc) is 2.70. The van der Waals surface area contributed by atoms with Crippen LogP contribution in [0.4, 0.5) is 5.69 Å². The molecule has 0 saturated carbocycles. The van der Waals surface area contributed by atoms with Gasteiger partial charge in [0, 0.05) is 24.0 Å². The topological polar surface area (TPSA) is 75.7 Å². The summed E-state index contributed by atoms with van der Waals surface area (Å²) in [6, 6.07) is 12.9. The Labute approximate surface area is 176 Å². The zero-order chi connectivity index (χ0) is 20.9. The molecule has 1 heterocycles. The van der Waals surface area contributed by atoms with Gasteiger partial charge in [0.2, 0.25) is 15.9 Å². The molecule has 2 aromatic carbocycles. The number of ether oxygens (including phenoxy) is 1. The first-order valence-electron chi connectivity index (χ1n) is 9.71. The highest BCUT2D eigenvalue weighted by Gasteiger charge is 2.34. The van der Waals surface area contributed by atoms with Crippen LogP contribution in [0.25, 0.3) is 0 Å². The lowest BCUT2D eigenvalue weighted by Gasteiger charge is -2.34. The van der Waals surface area contributed by atoms with Crippen molar-refractivity contribution in [2.75, 3.05) is 18.5 Å². The number of nitrogens with zero attached hydrogens (tertiary/aromatic N) is 1. The van der Waals surface area contributed by atoms with Gasteiger partial charge in [-0.1, -0.05) is 30.2 Å². The number of amides is 1. The van der Waals surface area contributed by atoms with Crippen molar-refractivity contribution in [2.24, 2.45) is 0 Å². The van der Waals surface area contributed by atoms with E-state index in [2.05, 4.69) is 5.32 Å². The van der Waals surface area contributed by atoms with Crippen molar-refractivity contribution in [3.8, 4) is 5.75 Å². The predicted molar refractivity (Wildman–Crippen MR) is 114 cm³/mol. The Morgan fingerprint density at radius 2 is 1.90 bits per heavy atom. The summed E-state index contributed by atoms with van der Waals surface area (Å²) >= 11 is 5.89. The van der Waals surface area contributed by atoms with Gasteiger partial charge in [-0.05, 0) is 56.2 Å². The Balaban J connectivity index is 1.75. The highest BCUT2D eigenvalue weighted by atomic mass is 35.5. The second-order valence-corrected chi connectivity index (χ2v) is 9.23. The van der Waals surface area contributed by atoms with Crippen molar-refractivity contribution in [3.63, 3.8) is 0 Å². The lowest BCUT2D eigenvalue weighted by atomic mass is 10.0. The summed E-state index contributed by atoms with van der Waals surface area (Å²) < 4.78 is 33.2. The highest BCUT2D eigenvalue weighted by molar-refractivity contribution is 7.89. The van der Waals surface area contributed by atoms with Crippen LogP contribution in [0.1, 0.15) is 32.6 Å². The molecule has 156 valence electrons. The summed E-state index contributed by atoms with van der Waals surface area (Å²) in [7, 11) is -3.69. The monoisotopic (exact) mass is 436 g/mol. The third-order valence-corrected chi connectivity index (χ3v) is 7.09. The van der Waals surface area contributed by atoms with E-state index in [0.717, 1.165) is 12.8 Å². The van der Waals surface area contributed by atoms with Crippen molar-refractivity contribution in [1.82, 2.24) is 4.31 Å². The van der Waals surface area contributed by atoms with E-state index in [9.17, 15) is 13.2 Å². The molecule has 1 unspecified atom stereocenters. The molecule has 3 rings (SSSR count). The third kappa shape index (κ3) is 5.29. The number of piperidine rings is 1. The maximum Gasteiger partial charge on any atom is 0.243 e. The van der Waals surface area contributed by atoms with Gasteiger partial charge in [-0.2, -0.15) is 4.31 Å². The maximum absolute atomic E-state index is 13.1. The Morgan fingerprint density at radius 1 is 1.17 bits per heavy atom. The van der Waals surface area contributed by atoms with Crippen LogP contribution in [0.15, 0.2) is 53.4 Å². The zero-order valence-electron chi connectivity index (χ0n) is 16.3. The summed E-state index contributed by atoms with van der Waals surface area (Å²) in [5.41, 5.74) is 0.585. The second-order valence-electron chi connectivity index (χ2n) is 6.90. The van der Waals surface area contributed by atoms with Crippen LogP contribution >= 0.6 is 11.6 Å². The van der Waals surface area contributed by atoms with Crippen LogP contribution in [0.2, 0.25) is 5.02 Å². The van der Waals surface area contributed by atoms with E-state index in [1.807, 2.05) is 19.1 Å².